The summed E-state index contributed by atoms with van der Waals surface area (Å²) in [5.41, 5.74) is 8.28. The molecule has 1 aromatic carbocycles. The number of hydrogen-bond donors (Lipinski definition) is 3. The van der Waals surface area contributed by atoms with Crippen LogP contribution in [0.4, 0.5) is 5.69 Å². The lowest BCUT2D eigenvalue weighted by Crippen LogP contribution is -2.24. The zero-order chi connectivity index (χ0) is 13.1. The molecule has 1 aromatic heterocycles. The van der Waals surface area contributed by atoms with Gasteiger partial charge >= 0.3 is 0 Å². The smallest absolute Gasteiger partial charge is 0.253 e. The number of aryl methyl sites for hydroxylation is 1. The fraction of sp³-hybridized carbons (Fsp3) is 0.167. The number of benzene rings is 1. The van der Waals surface area contributed by atoms with E-state index < -0.39 is 0 Å². The first-order valence-corrected chi connectivity index (χ1v) is 5.78. The maximum atomic E-state index is 11.9. The maximum Gasteiger partial charge on any atom is 0.253 e. The van der Waals surface area contributed by atoms with Crippen molar-refractivity contribution in [2.45, 2.75) is 13.5 Å². The van der Waals surface area contributed by atoms with Crippen LogP contribution in [0.2, 0.25) is 5.02 Å². The van der Waals surface area contributed by atoms with Gasteiger partial charge in [-0.1, -0.05) is 17.7 Å². The number of carbonyl (C=O) groups is 1. The number of nitrogens with one attached hydrogen (secondary N) is 2. The summed E-state index contributed by atoms with van der Waals surface area (Å²) in [5.74, 6) is -0.254. The van der Waals surface area contributed by atoms with Crippen LogP contribution in [0, 0.1) is 6.92 Å². The standard InChI is InChI=1S/C12H13ClN4O/c1-7-8(6-16-17-7)5-15-12(18)9-3-2-4-10(13)11(9)14/h2-4,6H,5,14H2,1H3,(H,15,18)(H,16,17). The molecule has 0 spiro atoms. The number of nitrogens with zero attached hydrogens (tertiary/aromatic N) is 1. The van der Waals surface area contributed by atoms with Gasteiger partial charge in [0.05, 0.1) is 22.5 Å². The van der Waals surface area contributed by atoms with E-state index in [-0.39, 0.29) is 5.91 Å². The van der Waals surface area contributed by atoms with Gasteiger partial charge in [0.1, 0.15) is 0 Å². The summed E-state index contributed by atoms with van der Waals surface area (Å²) in [6.07, 6.45) is 1.68. The number of nitrogens with two attached hydrogens (primary N) is 1. The molecule has 1 amide bonds. The Morgan fingerprint density at radius 3 is 3.00 bits per heavy atom. The highest BCUT2D eigenvalue weighted by Crippen LogP contribution is 2.22. The van der Waals surface area contributed by atoms with E-state index in [1.807, 2.05) is 6.92 Å². The second kappa shape index (κ2) is 5.10. The summed E-state index contributed by atoms with van der Waals surface area (Å²) in [5, 5.41) is 9.84. The minimum atomic E-state index is -0.254. The van der Waals surface area contributed by atoms with E-state index in [1.165, 1.54) is 0 Å². The van der Waals surface area contributed by atoms with Crippen LogP contribution in [0.1, 0.15) is 21.6 Å². The molecule has 0 saturated heterocycles. The molecule has 4 N–H and O–H groups in total. The van der Waals surface area contributed by atoms with E-state index in [0.717, 1.165) is 11.3 Å². The quantitative estimate of drug-likeness (QED) is 0.740. The van der Waals surface area contributed by atoms with Crippen molar-refractivity contribution in [2.24, 2.45) is 0 Å². The van der Waals surface area contributed by atoms with E-state index in [1.54, 1.807) is 24.4 Å². The van der Waals surface area contributed by atoms with Gasteiger partial charge in [-0.05, 0) is 19.1 Å². The molecule has 0 fully saturated rings. The van der Waals surface area contributed by atoms with Gasteiger partial charge in [-0.25, -0.2) is 0 Å². The highest BCUT2D eigenvalue weighted by molar-refractivity contribution is 6.33. The Labute approximate surface area is 109 Å². The van der Waals surface area contributed by atoms with E-state index >= 15 is 0 Å². The van der Waals surface area contributed by atoms with Crippen LogP contribution in [0.15, 0.2) is 24.4 Å². The SMILES string of the molecule is Cc1[nH]ncc1CNC(=O)c1cccc(Cl)c1N. The van der Waals surface area contributed by atoms with Gasteiger partial charge in [0.15, 0.2) is 0 Å². The van der Waals surface area contributed by atoms with Gasteiger partial charge in [0, 0.05) is 17.8 Å². The van der Waals surface area contributed by atoms with Crippen LogP contribution in [0.25, 0.3) is 0 Å². The fourth-order valence-corrected chi connectivity index (χ4v) is 1.73. The van der Waals surface area contributed by atoms with Crippen LogP contribution in [0.5, 0.6) is 0 Å². The van der Waals surface area contributed by atoms with Gasteiger partial charge in [0.25, 0.3) is 5.91 Å². The highest BCUT2D eigenvalue weighted by atomic mass is 35.5. The van der Waals surface area contributed by atoms with Gasteiger partial charge in [-0.3, -0.25) is 9.89 Å². The third kappa shape index (κ3) is 2.46. The second-order valence-corrected chi connectivity index (χ2v) is 4.31. The maximum absolute atomic E-state index is 11.9. The summed E-state index contributed by atoms with van der Waals surface area (Å²) < 4.78 is 0. The van der Waals surface area contributed by atoms with Crippen LogP contribution in [-0.2, 0) is 6.54 Å². The number of anilines is 1. The van der Waals surface area contributed by atoms with E-state index in [2.05, 4.69) is 15.5 Å². The normalized spacial score (nSPS) is 10.3. The third-order valence-corrected chi connectivity index (χ3v) is 3.00. The number of carbonyl (C=O) groups excluding carboxylic acids is 1. The Bertz CT molecular complexity index is 579. The monoisotopic (exact) mass is 264 g/mol. The molecule has 0 unspecified atom stereocenters. The van der Waals surface area contributed by atoms with Crippen molar-refractivity contribution in [3.05, 3.63) is 46.2 Å². The number of para-hydroxylation sites is 1. The number of hydrogen-bond acceptors (Lipinski definition) is 3. The highest BCUT2D eigenvalue weighted by Gasteiger charge is 2.11. The lowest BCUT2D eigenvalue weighted by atomic mass is 10.1. The molecule has 18 heavy (non-hydrogen) atoms. The molecule has 0 aliphatic heterocycles. The zero-order valence-corrected chi connectivity index (χ0v) is 10.6. The third-order valence-electron chi connectivity index (χ3n) is 2.67. The molecule has 0 saturated carbocycles. The molecular formula is C12H13ClN4O. The molecule has 0 radical (unpaired) electrons. The molecule has 2 aromatic rings. The van der Waals surface area contributed by atoms with Crippen molar-refractivity contribution in [1.29, 1.82) is 0 Å². The van der Waals surface area contributed by atoms with Crippen molar-refractivity contribution >= 4 is 23.2 Å². The predicted octanol–water partition coefficient (Wildman–Crippen LogP) is 1.88. The van der Waals surface area contributed by atoms with Gasteiger partial charge < -0.3 is 11.1 Å². The molecule has 2 rings (SSSR count). The molecule has 6 heteroatoms. The van der Waals surface area contributed by atoms with E-state index in [0.29, 0.717) is 22.8 Å². The predicted molar refractivity (Wildman–Crippen MR) is 70.4 cm³/mol. The van der Waals surface area contributed by atoms with Crippen LogP contribution < -0.4 is 11.1 Å². The molecule has 0 aliphatic carbocycles. The summed E-state index contributed by atoms with van der Waals surface area (Å²) in [6, 6.07) is 4.98. The minimum absolute atomic E-state index is 0.254. The summed E-state index contributed by atoms with van der Waals surface area (Å²) in [7, 11) is 0. The Balaban J connectivity index is 2.09. The Morgan fingerprint density at radius 1 is 1.56 bits per heavy atom. The largest absolute Gasteiger partial charge is 0.397 e. The van der Waals surface area contributed by atoms with E-state index in [4.69, 9.17) is 17.3 Å². The molecule has 5 nitrogen and oxygen atoms in total. The number of nitrogen functional groups attached to an aromatic ring is 1. The summed E-state index contributed by atoms with van der Waals surface area (Å²) in [6.45, 7) is 2.29. The Morgan fingerprint density at radius 2 is 2.33 bits per heavy atom. The number of aromatic nitrogens is 2. The lowest BCUT2D eigenvalue weighted by molar-refractivity contribution is 0.0952. The van der Waals surface area contributed by atoms with Crippen molar-refractivity contribution in [3.8, 4) is 0 Å². The number of H-pyrrole nitrogens is 1. The number of rotatable bonds is 3. The Kier molecular flexibility index (Phi) is 3.53. The average Bonchev–Trinajstić information content (AvgIpc) is 2.75. The molecule has 0 atom stereocenters. The molecule has 1 heterocycles. The van der Waals surface area contributed by atoms with Crippen molar-refractivity contribution in [2.75, 3.05) is 5.73 Å². The molecule has 0 bridgehead atoms. The Hall–Kier alpha value is -2.01. The number of amides is 1. The molecule has 0 aliphatic rings. The fourth-order valence-electron chi connectivity index (χ4n) is 1.56. The number of aromatic amines is 1. The lowest BCUT2D eigenvalue weighted by Gasteiger charge is -2.08. The van der Waals surface area contributed by atoms with Gasteiger partial charge in [0.2, 0.25) is 0 Å². The van der Waals surface area contributed by atoms with Crippen molar-refractivity contribution in [1.82, 2.24) is 15.5 Å². The van der Waals surface area contributed by atoms with Crippen LogP contribution in [-0.4, -0.2) is 16.1 Å². The second-order valence-electron chi connectivity index (χ2n) is 3.90. The van der Waals surface area contributed by atoms with Crippen molar-refractivity contribution < 1.29 is 4.79 Å². The first-order valence-electron chi connectivity index (χ1n) is 5.40. The van der Waals surface area contributed by atoms with Crippen molar-refractivity contribution in [3.63, 3.8) is 0 Å². The average molecular weight is 265 g/mol. The van der Waals surface area contributed by atoms with Gasteiger partial charge in [-0.2, -0.15) is 5.10 Å². The molecule has 94 valence electrons. The number of halogens is 1. The summed E-state index contributed by atoms with van der Waals surface area (Å²) >= 11 is 5.86. The summed E-state index contributed by atoms with van der Waals surface area (Å²) in [4.78, 5) is 11.9. The first-order chi connectivity index (χ1) is 8.59. The van der Waals surface area contributed by atoms with E-state index in [9.17, 15) is 4.79 Å². The first kappa shape index (κ1) is 12.4. The van der Waals surface area contributed by atoms with Gasteiger partial charge in [-0.15, -0.1) is 0 Å². The van der Waals surface area contributed by atoms with Crippen LogP contribution in [0.3, 0.4) is 0 Å². The molecular weight excluding hydrogens is 252 g/mol. The topological polar surface area (TPSA) is 83.8 Å². The minimum Gasteiger partial charge on any atom is -0.397 e. The van der Waals surface area contributed by atoms with Crippen LogP contribution >= 0.6 is 11.6 Å². The zero-order valence-electron chi connectivity index (χ0n) is 9.83.